The summed E-state index contributed by atoms with van der Waals surface area (Å²) in [5, 5.41) is 0.906. The number of pyridine rings is 1. The fraction of sp³-hybridized carbons (Fsp3) is 0.0588. The maximum absolute atomic E-state index is 13.6. The van der Waals surface area contributed by atoms with Crippen LogP contribution < -0.4 is 0 Å². The Morgan fingerprint density at radius 2 is 1.85 bits per heavy atom. The van der Waals surface area contributed by atoms with E-state index in [2.05, 4.69) is 4.98 Å². The smallest absolute Gasteiger partial charge is 0.160 e. The number of Topliss-reactive ketones (excluding diaryl/α,β-unsaturated/α-hetero) is 1. The van der Waals surface area contributed by atoms with Crippen molar-refractivity contribution in [3.63, 3.8) is 0 Å². The molecule has 0 fully saturated rings. The van der Waals surface area contributed by atoms with Gasteiger partial charge in [0.1, 0.15) is 5.82 Å². The van der Waals surface area contributed by atoms with Crippen LogP contribution in [0.2, 0.25) is 0 Å². The van der Waals surface area contributed by atoms with Crippen LogP contribution in [-0.2, 0) is 0 Å². The van der Waals surface area contributed by atoms with Crippen LogP contribution in [0.3, 0.4) is 0 Å². The highest BCUT2D eigenvalue weighted by molar-refractivity contribution is 6.05. The van der Waals surface area contributed by atoms with Gasteiger partial charge in [-0.25, -0.2) is 4.39 Å². The van der Waals surface area contributed by atoms with Crippen molar-refractivity contribution in [1.82, 2.24) is 4.98 Å². The van der Waals surface area contributed by atoms with Crippen molar-refractivity contribution in [2.24, 2.45) is 0 Å². The van der Waals surface area contributed by atoms with Crippen molar-refractivity contribution in [3.8, 4) is 11.1 Å². The molecule has 0 saturated carbocycles. The highest BCUT2D eigenvalue weighted by Crippen LogP contribution is 2.30. The van der Waals surface area contributed by atoms with Crippen LogP contribution in [0, 0.1) is 5.82 Å². The zero-order chi connectivity index (χ0) is 14.1. The number of ketones is 1. The molecule has 20 heavy (non-hydrogen) atoms. The van der Waals surface area contributed by atoms with Gasteiger partial charge in [0.2, 0.25) is 0 Å². The molecule has 2 aromatic carbocycles. The molecule has 3 rings (SSSR count). The Bertz CT molecular complexity index is 806. The number of benzene rings is 2. The molecule has 0 aliphatic carbocycles. The van der Waals surface area contributed by atoms with Crippen LogP contribution in [0.1, 0.15) is 17.3 Å². The Morgan fingerprint density at radius 1 is 1.05 bits per heavy atom. The number of carbonyl (C=O) groups is 1. The molecular weight excluding hydrogens is 253 g/mol. The number of halogens is 1. The van der Waals surface area contributed by atoms with Crippen LogP contribution in [-0.4, -0.2) is 10.8 Å². The summed E-state index contributed by atoms with van der Waals surface area (Å²) in [5.41, 5.74) is 2.77. The molecule has 0 bridgehead atoms. The van der Waals surface area contributed by atoms with Gasteiger partial charge in [0.25, 0.3) is 0 Å². The molecule has 0 unspecified atom stereocenters. The number of rotatable bonds is 2. The molecule has 3 aromatic rings. The van der Waals surface area contributed by atoms with E-state index in [-0.39, 0.29) is 11.6 Å². The normalized spacial score (nSPS) is 10.7. The highest BCUT2D eigenvalue weighted by Gasteiger charge is 2.13. The third-order valence-electron chi connectivity index (χ3n) is 3.30. The van der Waals surface area contributed by atoms with Crippen molar-refractivity contribution < 1.29 is 9.18 Å². The predicted octanol–water partition coefficient (Wildman–Crippen LogP) is 4.24. The summed E-state index contributed by atoms with van der Waals surface area (Å²) in [4.78, 5) is 16.0. The van der Waals surface area contributed by atoms with Crippen LogP contribution in [0.5, 0.6) is 0 Å². The zero-order valence-corrected chi connectivity index (χ0v) is 10.9. The van der Waals surface area contributed by atoms with Crippen LogP contribution in [0.4, 0.5) is 4.39 Å². The van der Waals surface area contributed by atoms with Gasteiger partial charge < -0.3 is 0 Å². The summed E-state index contributed by atoms with van der Waals surface area (Å²) in [6.07, 6.45) is 1.67. The number of aromatic nitrogens is 1. The van der Waals surface area contributed by atoms with Crippen molar-refractivity contribution in [1.29, 1.82) is 0 Å². The van der Waals surface area contributed by atoms with E-state index in [1.165, 1.54) is 25.1 Å². The Morgan fingerprint density at radius 3 is 2.65 bits per heavy atom. The SMILES string of the molecule is CC(=O)c1ccc(F)cc1-c1ccnc2ccccc12. The van der Waals surface area contributed by atoms with Crippen LogP contribution in [0.15, 0.2) is 54.7 Å². The average molecular weight is 265 g/mol. The molecular formula is C17H12FNO. The Labute approximate surface area is 115 Å². The Hall–Kier alpha value is -2.55. The number of para-hydroxylation sites is 1. The van der Waals surface area contributed by atoms with Crippen molar-refractivity contribution in [2.45, 2.75) is 6.92 Å². The molecule has 0 spiro atoms. The lowest BCUT2D eigenvalue weighted by atomic mass is 9.95. The summed E-state index contributed by atoms with van der Waals surface area (Å²) in [6.45, 7) is 1.49. The molecule has 2 nitrogen and oxygen atoms in total. The quantitative estimate of drug-likeness (QED) is 0.648. The largest absolute Gasteiger partial charge is 0.294 e. The molecule has 3 heteroatoms. The van der Waals surface area contributed by atoms with E-state index < -0.39 is 0 Å². The number of fused-ring (bicyclic) bond motifs is 1. The lowest BCUT2D eigenvalue weighted by molar-refractivity contribution is 0.101. The van der Waals surface area contributed by atoms with Gasteiger partial charge in [-0.2, -0.15) is 0 Å². The second kappa shape index (κ2) is 4.85. The first-order valence-corrected chi connectivity index (χ1v) is 6.31. The van der Waals surface area contributed by atoms with Crippen molar-refractivity contribution in [3.05, 3.63) is 66.1 Å². The van der Waals surface area contributed by atoms with E-state index >= 15 is 0 Å². The number of nitrogens with zero attached hydrogens (tertiary/aromatic N) is 1. The van der Waals surface area contributed by atoms with Gasteiger partial charge in [-0.1, -0.05) is 18.2 Å². The van der Waals surface area contributed by atoms with E-state index in [4.69, 9.17) is 0 Å². The average Bonchev–Trinajstić information content (AvgIpc) is 2.46. The predicted molar refractivity (Wildman–Crippen MR) is 77.1 cm³/mol. The highest BCUT2D eigenvalue weighted by atomic mass is 19.1. The van der Waals surface area contributed by atoms with Gasteiger partial charge in [0, 0.05) is 17.1 Å². The zero-order valence-electron chi connectivity index (χ0n) is 10.9. The van der Waals surface area contributed by atoms with Gasteiger partial charge in [-0.15, -0.1) is 0 Å². The van der Waals surface area contributed by atoms with Gasteiger partial charge in [-0.3, -0.25) is 9.78 Å². The maximum Gasteiger partial charge on any atom is 0.160 e. The molecule has 0 amide bonds. The van der Waals surface area contributed by atoms with Gasteiger partial charge in [0.15, 0.2) is 5.78 Å². The minimum Gasteiger partial charge on any atom is -0.294 e. The second-order valence-electron chi connectivity index (χ2n) is 4.62. The molecule has 98 valence electrons. The lowest BCUT2D eigenvalue weighted by Gasteiger charge is -2.10. The van der Waals surface area contributed by atoms with E-state index in [9.17, 15) is 9.18 Å². The first-order chi connectivity index (χ1) is 9.66. The lowest BCUT2D eigenvalue weighted by Crippen LogP contribution is -1.97. The first-order valence-electron chi connectivity index (χ1n) is 6.31. The van der Waals surface area contributed by atoms with Crippen molar-refractivity contribution >= 4 is 16.7 Å². The monoisotopic (exact) mass is 265 g/mol. The van der Waals surface area contributed by atoms with E-state index in [0.29, 0.717) is 11.1 Å². The molecule has 0 atom stereocenters. The van der Waals surface area contributed by atoms with Gasteiger partial charge >= 0.3 is 0 Å². The molecule has 0 saturated heterocycles. The van der Waals surface area contributed by atoms with Gasteiger partial charge in [0.05, 0.1) is 5.52 Å². The van der Waals surface area contributed by atoms with Gasteiger partial charge in [-0.05, 0) is 48.4 Å². The van der Waals surface area contributed by atoms with E-state index in [1.54, 1.807) is 6.20 Å². The maximum atomic E-state index is 13.6. The third kappa shape index (κ3) is 2.07. The third-order valence-corrected chi connectivity index (χ3v) is 3.30. The fourth-order valence-corrected chi connectivity index (χ4v) is 2.38. The fourth-order valence-electron chi connectivity index (χ4n) is 2.38. The minimum atomic E-state index is -0.356. The van der Waals surface area contributed by atoms with E-state index in [1.807, 2.05) is 30.3 Å². The van der Waals surface area contributed by atoms with E-state index in [0.717, 1.165) is 16.5 Å². The molecule has 1 aromatic heterocycles. The molecule has 0 radical (unpaired) electrons. The number of hydrogen-bond donors (Lipinski definition) is 0. The van der Waals surface area contributed by atoms with Crippen LogP contribution >= 0.6 is 0 Å². The standard InChI is InChI=1S/C17H12FNO/c1-11(20)13-7-6-12(18)10-16(13)14-8-9-19-17-5-3-2-4-15(14)17/h2-10H,1H3. The number of hydrogen-bond acceptors (Lipinski definition) is 2. The number of carbonyl (C=O) groups excluding carboxylic acids is 1. The van der Waals surface area contributed by atoms with Crippen molar-refractivity contribution in [2.75, 3.05) is 0 Å². The second-order valence-corrected chi connectivity index (χ2v) is 4.62. The Kier molecular flexibility index (Phi) is 3.03. The summed E-state index contributed by atoms with van der Waals surface area (Å²) in [7, 11) is 0. The van der Waals surface area contributed by atoms with Crippen LogP contribution in [0.25, 0.3) is 22.0 Å². The summed E-state index contributed by atoms with van der Waals surface area (Å²) in [6, 6.07) is 13.7. The molecule has 0 N–H and O–H groups in total. The minimum absolute atomic E-state index is 0.0825. The topological polar surface area (TPSA) is 30.0 Å². The Balaban J connectivity index is 2.36. The summed E-state index contributed by atoms with van der Waals surface area (Å²) in [5.74, 6) is -0.438. The summed E-state index contributed by atoms with van der Waals surface area (Å²) >= 11 is 0. The molecule has 1 heterocycles. The first kappa shape index (κ1) is 12.5. The molecule has 0 aliphatic rings. The summed E-state index contributed by atoms with van der Waals surface area (Å²) < 4.78 is 13.6. The molecule has 0 aliphatic heterocycles.